The molecular weight excluding hydrogens is 353 g/mol. The van der Waals surface area contributed by atoms with Gasteiger partial charge < -0.3 is 9.72 Å². The number of aromatic amines is 1. The molecule has 0 aliphatic carbocycles. The van der Waals surface area contributed by atoms with Crippen LogP contribution in [0.25, 0.3) is 10.7 Å². The van der Waals surface area contributed by atoms with Crippen molar-refractivity contribution in [3.05, 3.63) is 68.7 Å². The minimum atomic E-state index is -0.284. The Kier molecular flexibility index (Phi) is 4.57. The van der Waals surface area contributed by atoms with Crippen LogP contribution in [0, 0.1) is 5.82 Å². The first-order valence-corrected chi connectivity index (χ1v) is 9.22. The molecule has 1 aliphatic heterocycles. The molecule has 3 aromatic rings. The van der Waals surface area contributed by atoms with Crippen molar-refractivity contribution < 1.29 is 9.13 Å². The van der Waals surface area contributed by atoms with Crippen molar-refractivity contribution in [1.29, 1.82) is 0 Å². The van der Waals surface area contributed by atoms with Crippen LogP contribution in [0.15, 0.2) is 40.5 Å². The van der Waals surface area contributed by atoms with E-state index < -0.39 is 0 Å². The molecule has 0 radical (unpaired) electrons. The van der Waals surface area contributed by atoms with E-state index in [4.69, 9.17) is 4.74 Å². The van der Waals surface area contributed by atoms with Crippen LogP contribution in [-0.2, 0) is 19.5 Å². The van der Waals surface area contributed by atoms with Crippen LogP contribution in [0.4, 0.5) is 4.39 Å². The van der Waals surface area contributed by atoms with E-state index >= 15 is 0 Å². The average molecular weight is 371 g/mol. The van der Waals surface area contributed by atoms with Crippen LogP contribution in [0.5, 0.6) is 5.75 Å². The van der Waals surface area contributed by atoms with Gasteiger partial charge in [0.1, 0.15) is 11.6 Å². The Morgan fingerprint density at radius 3 is 3.00 bits per heavy atom. The van der Waals surface area contributed by atoms with Crippen LogP contribution in [0.3, 0.4) is 0 Å². The topological polar surface area (TPSA) is 58.2 Å². The fourth-order valence-electron chi connectivity index (χ4n) is 3.18. The summed E-state index contributed by atoms with van der Waals surface area (Å²) >= 11 is 1.54. The SMILES string of the molecule is COc1ccc(CN2CCc3c(nc(-c4cccs4)[nH]c3=O)C2)c(F)c1. The summed E-state index contributed by atoms with van der Waals surface area (Å²) in [5.41, 5.74) is 2.04. The summed E-state index contributed by atoms with van der Waals surface area (Å²) in [6.45, 7) is 1.70. The molecule has 0 saturated heterocycles. The van der Waals surface area contributed by atoms with E-state index in [1.165, 1.54) is 24.5 Å². The number of fused-ring (bicyclic) bond motifs is 1. The van der Waals surface area contributed by atoms with Crippen molar-refractivity contribution in [3.63, 3.8) is 0 Å². The lowest BCUT2D eigenvalue weighted by atomic mass is 10.1. The number of ether oxygens (including phenoxy) is 1. The van der Waals surface area contributed by atoms with Crippen molar-refractivity contribution in [2.75, 3.05) is 13.7 Å². The number of hydrogen-bond acceptors (Lipinski definition) is 5. The van der Waals surface area contributed by atoms with Crippen LogP contribution in [-0.4, -0.2) is 28.5 Å². The Bertz CT molecular complexity index is 985. The van der Waals surface area contributed by atoms with Gasteiger partial charge in [-0.2, -0.15) is 0 Å². The fraction of sp³-hybridized carbons (Fsp3) is 0.263. The predicted octanol–water partition coefficient (Wildman–Crippen LogP) is 3.20. The highest BCUT2D eigenvalue weighted by Gasteiger charge is 2.22. The minimum Gasteiger partial charge on any atom is -0.497 e. The molecule has 0 fully saturated rings. The molecule has 0 atom stereocenters. The third kappa shape index (κ3) is 3.27. The van der Waals surface area contributed by atoms with Gasteiger partial charge in [-0.3, -0.25) is 9.69 Å². The zero-order valence-corrected chi connectivity index (χ0v) is 15.1. The van der Waals surface area contributed by atoms with Gasteiger partial charge in [-0.1, -0.05) is 12.1 Å². The molecule has 1 aliphatic rings. The summed E-state index contributed by atoms with van der Waals surface area (Å²) in [6, 6.07) is 8.76. The summed E-state index contributed by atoms with van der Waals surface area (Å²) < 4.78 is 19.3. The Hall–Kier alpha value is -2.51. The van der Waals surface area contributed by atoms with Gasteiger partial charge in [0.05, 0.1) is 17.7 Å². The summed E-state index contributed by atoms with van der Waals surface area (Å²) in [5.74, 6) is 0.818. The van der Waals surface area contributed by atoms with Gasteiger partial charge in [-0.15, -0.1) is 11.3 Å². The molecule has 3 heterocycles. The van der Waals surface area contributed by atoms with E-state index in [9.17, 15) is 9.18 Å². The van der Waals surface area contributed by atoms with Gasteiger partial charge in [-0.25, -0.2) is 9.37 Å². The Morgan fingerprint density at radius 2 is 2.27 bits per heavy atom. The zero-order valence-electron chi connectivity index (χ0n) is 14.3. The molecule has 1 N–H and O–H groups in total. The van der Waals surface area contributed by atoms with Crippen LogP contribution < -0.4 is 10.3 Å². The lowest BCUT2D eigenvalue weighted by Crippen LogP contribution is -2.35. The monoisotopic (exact) mass is 371 g/mol. The number of rotatable bonds is 4. The smallest absolute Gasteiger partial charge is 0.254 e. The maximum Gasteiger partial charge on any atom is 0.254 e. The summed E-state index contributed by atoms with van der Waals surface area (Å²) in [7, 11) is 1.52. The second-order valence-corrected chi connectivity index (χ2v) is 7.18. The van der Waals surface area contributed by atoms with Gasteiger partial charge >= 0.3 is 0 Å². The Balaban J connectivity index is 1.58. The molecule has 0 unspecified atom stereocenters. The average Bonchev–Trinajstić information content (AvgIpc) is 3.18. The molecule has 0 saturated carbocycles. The molecule has 4 rings (SSSR count). The molecule has 7 heteroatoms. The number of methoxy groups -OCH3 is 1. The molecule has 1 aromatic carbocycles. The molecule has 2 aromatic heterocycles. The highest BCUT2D eigenvalue weighted by atomic mass is 32.1. The first-order chi connectivity index (χ1) is 12.6. The third-order valence-electron chi connectivity index (χ3n) is 4.56. The number of thiophene rings is 1. The van der Waals surface area contributed by atoms with Gasteiger partial charge in [0.25, 0.3) is 5.56 Å². The summed E-state index contributed by atoms with van der Waals surface area (Å²) in [4.78, 5) is 23.0. The zero-order chi connectivity index (χ0) is 18.1. The normalized spacial score (nSPS) is 14.2. The maximum atomic E-state index is 14.2. The van der Waals surface area contributed by atoms with Crippen LogP contribution >= 0.6 is 11.3 Å². The van der Waals surface area contributed by atoms with E-state index in [0.717, 1.165) is 16.1 Å². The van der Waals surface area contributed by atoms with E-state index in [1.807, 2.05) is 17.5 Å². The van der Waals surface area contributed by atoms with Gasteiger partial charge in [0, 0.05) is 36.8 Å². The number of hydrogen-bond donors (Lipinski definition) is 1. The fourth-order valence-corrected chi connectivity index (χ4v) is 3.85. The highest BCUT2D eigenvalue weighted by Crippen LogP contribution is 2.24. The van der Waals surface area contributed by atoms with E-state index in [1.54, 1.807) is 12.1 Å². The summed E-state index contributed by atoms with van der Waals surface area (Å²) in [6.07, 6.45) is 0.611. The van der Waals surface area contributed by atoms with E-state index in [0.29, 0.717) is 43.2 Å². The third-order valence-corrected chi connectivity index (χ3v) is 5.44. The van der Waals surface area contributed by atoms with Gasteiger partial charge in [-0.05, 0) is 23.9 Å². The molecule has 5 nitrogen and oxygen atoms in total. The lowest BCUT2D eigenvalue weighted by Gasteiger charge is -2.27. The second kappa shape index (κ2) is 7.01. The maximum absolute atomic E-state index is 14.2. The van der Waals surface area contributed by atoms with E-state index in [-0.39, 0.29) is 11.4 Å². The number of nitrogens with one attached hydrogen (secondary N) is 1. The van der Waals surface area contributed by atoms with Crippen molar-refractivity contribution in [2.45, 2.75) is 19.5 Å². The molecular formula is C19H18FN3O2S. The Morgan fingerprint density at radius 1 is 1.38 bits per heavy atom. The van der Waals surface area contributed by atoms with Crippen molar-refractivity contribution >= 4 is 11.3 Å². The van der Waals surface area contributed by atoms with Crippen LogP contribution in [0.1, 0.15) is 16.8 Å². The first-order valence-electron chi connectivity index (χ1n) is 8.35. The number of aromatic nitrogens is 2. The molecule has 26 heavy (non-hydrogen) atoms. The second-order valence-electron chi connectivity index (χ2n) is 6.24. The van der Waals surface area contributed by atoms with Crippen LogP contribution in [0.2, 0.25) is 0 Å². The quantitative estimate of drug-likeness (QED) is 0.765. The predicted molar refractivity (Wildman–Crippen MR) is 98.9 cm³/mol. The number of nitrogens with zero attached hydrogens (tertiary/aromatic N) is 2. The van der Waals surface area contributed by atoms with Crippen molar-refractivity contribution in [2.24, 2.45) is 0 Å². The number of halogens is 1. The number of benzene rings is 1. The molecule has 0 spiro atoms. The first kappa shape index (κ1) is 16.9. The van der Waals surface area contributed by atoms with Gasteiger partial charge in [0.2, 0.25) is 0 Å². The lowest BCUT2D eigenvalue weighted by molar-refractivity contribution is 0.237. The Labute approximate surface area is 154 Å². The molecule has 0 amide bonds. The largest absolute Gasteiger partial charge is 0.497 e. The standard InChI is InChI=1S/C19H18FN3O2S/c1-25-13-5-4-12(15(20)9-13)10-23-7-6-14-16(11-23)21-18(22-19(14)24)17-3-2-8-26-17/h2-5,8-9H,6-7,10-11H2,1H3,(H,21,22,24). The molecule has 0 bridgehead atoms. The van der Waals surface area contributed by atoms with Gasteiger partial charge in [0.15, 0.2) is 5.82 Å². The van der Waals surface area contributed by atoms with Crippen molar-refractivity contribution in [3.8, 4) is 16.5 Å². The minimum absolute atomic E-state index is 0.0753. The van der Waals surface area contributed by atoms with Crippen molar-refractivity contribution in [1.82, 2.24) is 14.9 Å². The highest BCUT2D eigenvalue weighted by molar-refractivity contribution is 7.13. The molecule has 134 valence electrons. The van der Waals surface area contributed by atoms with E-state index in [2.05, 4.69) is 14.9 Å². The summed E-state index contributed by atoms with van der Waals surface area (Å²) in [5, 5.41) is 1.95. The number of H-pyrrole nitrogens is 1.